The zero-order chi connectivity index (χ0) is 23.0. The van der Waals surface area contributed by atoms with Crippen LogP contribution in [0.4, 0.5) is 5.69 Å². The minimum atomic E-state index is -0.137. The Morgan fingerprint density at radius 1 is 1.00 bits per heavy atom. The molecule has 0 bridgehead atoms. The lowest BCUT2D eigenvalue weighted by atomic mass is 10.2. The summed E-state index contributed by atoms with van der Waals surface area (Å²) in [6.07, 6.45) is 0. The monoisotopic (exact) mass is 531 g/mol. The number of carbonyl (C=O) groups is 1. The van der Waals surface area contributed by atoms with Gasteiger partial charge in [0.05, 0.1) is 51.5 Å². The van der Waals surface area contributed by atoms with E-state index in [0.717, 1.165) is 44.1 Å². The molecule has 4 rings (SSSR count). The Hall–Kier alpha value is -2.42. The summed E-state index contributed by atoms with van der Waals surface area (Å²) in [6, 6.07) is 10.0. The summed E-state index contributed by atoms with van der Waals surface area (Å²) in [7, 11) is 0. The zero-order valence-corrected chi connectivity index (χ0v) is 21.4. The highest BCUT2D eigenvalue weighted by Gasteiger charge is 2.17. The second-order valence-electron chi connectivity index (χ2n) is 7.75. The summed E-state index contributed by atoms with van der Waals surface area (Å²) in [6.45, 7) is 8.93. The van der Waals surface area contributed by atoms with Crippen molar-refractivity contribution < 1.29 is 4.79 Å². The Kier molecular flexibility index (Phi) is 6.55. The number of thiophene rings is 1. The highest BCUT2D eigenvalue weighted by molar-refractivity contribution is 9.10. The summed E-state index contributed by atoms with van der Waals surface area (Å²) in [5.41, 5.74) is 6.36. The first-order chi connectivity index (χ1) is 15.2. The quantitative estimate of drug-likeness (QED) is 0.324. The normalized spacial score (nSPS) is 11.2. The minimum Gasteiger partial charge on any atom is -0.318 e. The molecule has 166 valence electrons. The number of benzene rings is 1. The van der Waals surface area contributed by atoms with Gasteiger partial charge in [0.25, 0.3) is 5.91 Å². The maximum absolute atomic E-state index is 12.9. The smallest absolute Gasteiger partial charge is 0.265 e. The zero-order valence-electron chi connectivity index (χ0n) is 18.2. The number of carbonyl (C=O) groups excluding carboxylic acids is 1. The summed E-state index contributed by atoms with van der Waals surface area (Å²) in [5, 5.41) is 14.8. The van der Waals surface area contributed by atoms with Gasteiger partial charge in [-0.25, -0.2) is 0 Å². The first-order valence-electron chi connectivity index (χ1n) is 10.1. The van der Waals surface area contributed by atoms with E-state index in [9.17, 15) is 4.79 Å². The molecule has 32 heavy (non-hydrogen) atoms. The van der Waals surface area contributed by atoms with E-state index in [2.05, 4.69) is 43.6 Å². The number of hydrogen-bond donors (Lipinski definition) is 1. The van der Waals surface area contributed by atoms with Crippen molar-refractivity contribution in [2.24, 2.45) is 0 Å². The number of nitrogens with zero attached hydrogens (tertiary/aromatic N) is 4. The van der Waals surface area contributed by atoms with Gasteiger partial charge in [-0.15, -0.1) is 11.3 Å². The van der Waals surface area contributed by atoms with Crippen LogP contribution in [0.15, 0.2) is 40.2 Å². The molecule has 0 saturated heterocycles. The molecular weight excluding hydrogens is 510 g/mol. The van der Waals surface area contributed by atoms with E-state index in [1.165, 1.54) is 11.3 Å². The Morgan fingerprint density at radius 2 is 1.62 bits per heavy atom. The third-order valence-corrected chi connectivity index (χ3v) is 7.42. The molecule has 0 radical (unpaired) electrons. The molecule has 0 atom stereocenters. The third-order valence-electron chi connectivity index (χ3n) is 5.37. The molecule has 3 heterocycles. The van der Waals surface area contributed by atoms with Gasteiger partial charge in [-0.2, -0.15) is 10.2 Å². The Bertz CT molecular complexity index is 1290. The predicted molar refractivity (Wildman–Crippen MR) is 133 cm³/mol. The van der Waals surface area contributed by atoms with Crippen molar-refractivity contribution in [2.75, 3.05) is 5.32 Å². The molecular formula is C23H23BrClN5OS. The third kappa shape index (κ3) is 4.67. The van der Waals surface area contributed by atoms with Crippen LogP contribution in [0.3, 0.4) is 0 Å². The number of hydrogen-bond acceptors (Lipinski definition) is 4. The van der Waals surface area contributed by atoms with E-state index in [1.807, 2.05) is 60.6 Å². The van der Waals surface area contributed by atoms with Crippen LogP contribution < -0.4 is 5.32 Å². The standard InChI is InChI=1S/C23H23BrClN5OS/c1-13-21(25)15(3)29(27-13)11-18-9-20(32-12-18)23(31)26-22-14(2)28-30(16(22)4)10-17-5-7-19(24)8-6-17/h5-9,12H,10-11H2,1-4H3,(H,26,31). The Balaban J connectivity index is 1.48. The largest absolute Gasteiger partial charge is 0.318 e. The Labute approximate surface area is 204 Å². The van der Waals surface area contributed by atoms with Gasteiger partial charge in [-0.05, 0) is 62.4 Å². The van der Waals surface area contributed by atoms with Gasteiger partial charge < -0.3 is 5.32 Å². The average Bonchev–Trinajstić information content (AvgIpc) is 3.40. The molecule has 0 fully saturated rings. The fourth-order valence-electron chi connectivity index (χ4n) is 3.55. The van der Waals surface area contributed by atoms with Gasteiger partial charge in [0.2, 0.25) is 0 Å². The number of nitrogens with one attached hydrogen (secondary N) is 1. The highest BCUT2D eigenvalue weighted by atomic mass is 79.9. The number of aromatic nitrogens is 4. The molecule has 4 aromatic rings. The van der Waals surface area contributed by atoms with Gasteiger partial charge in [0, 0.05) is 4.47 Å². The fourth-order valence-corrected chi connectivity index (χ4v) is 4.75. The SMILES string of the molecule is Cc1nn(Cc2csc(C(=O)Nc3c(C)nn(Cc4ccc(Br)cc4)c3C)c2)c(C)c1Cl. The van der Waals surface area contributed by atoms with Crippen molar-refractivity contribution in [1.82, 2.24) is 19.6 Å². The number of aryl methyl sites for hydroxylation is 2. The number of amides is 1. The lowest BCUT2D eigenvalue weighted by Crippen LogP contribution is -2.12. The Morgan fingerprint density at radius 3 is 2.28 bits per heavy atom. The molecule has 0 saturated carbocycles. The molecule has 9 heteroatoms. The van der Waals surface area contributed by atoms with Crippen LogP contribution in [-0.2, 0) is 13.1 Å². The molecule has 0 aliphatic heterocycles. The van der Waals surface area contributed by atoms with Crippen molar-refractivity contribution in [3.8, 4) is 0 Å². The lowest BCUT2D eigenvalue weighted by Gasteiger charge is -2.07. The summed E-state index contributed by atoms with van der Waals surface area (Å²) in [5.74, 6) is -0.137. The van der Waals surface area contributed by atoms with Crippen molar-refractivity contribution in [2.45, 2.75) is 40.8 Å². The summed E-state index contributed by atoms with van der Waals surface area (Å²) >= 11 is 11.1. The molecule has 0 aliphatic rings. The van der Waals surface area contributed by atoms with Gasteiger partial charge >= 0.3 is 0 Å². The number of halogens is 2. The van der Waals surface area contributed by atoms with E-state index in [0.29, 0.717) is 23.0 Å². The van der Waals surface area contributed by atoms with Crippen LogP contribution in [0.25, 0.3) is 0 Å². The van der Waals surface area contributed by atoms with Crippen molar-refractivity contribution in [3.63, 3.8) is 0 Å². The van der Waals surface area contributed by atoms with Gasteiger partial charge in [0.1, 0.15) is 0 Å². The molecule has 1 aromatic carbocycles. The highest BCUT2D eigenvalue weighted by Crippen LogP contribution is 2.25. The maximum atomic E-state index is 12.9. The fraction of sp³-hybridized carbons (Fsp3) is 0.261. The van der Waals surface area contributed by atoms with Crippen LogP contribution in [0.5, 0.6) is 0 Å². The first kappa shape index (κ1) is 22.8. The van der Waals surface area contributed by atoms with Crippen LogP contribution in [0, 0.1) is 27.7 Å². The first-order valence-corrected chi connectivity index (χ1v) is 12.1. The topological polar surface area (TPSA) is 64.7 Å². The molecule has 0 unspecified atom stereocenters. The van der Waals surface area contributed by atoms with E-state index >= 15 is 0 Å². The van der Waals surface area contributed by atoms with Crippen LogP contribution >= 0.6 is 38.9 Å². The maximum Gasteiger partial charge on any atom is 0.265 e. The van der Waals surface area contributed by atoms with Crippen LogP contribution in [0.2, 0.25) is 5.02 Å². The number of anilines is 1. The van der Waals surface area contributed by atoms with Gasteiger partial charge in [-0.1, -0.05) is 39.7 Å². The van der Waals surface area contributed by atoms with Crippen molar-refractivity contribution in [3.05, 3.63) is 84.0 Å². The predicted octanol–water partition coefficient (Wildman–Crippen LogP) is 6.14. The van der Waals surface area contributed by atoms with Gasteiger partial charge in [-0.3, -0.25) is 14.2 Å². The molecule has 0 aliphatic carbocycles. The summed E-state index contributed by atoms with van der Waals surface area (Å²) in [4.78, 5) is 13.6. The van der Waals surface area contributed by atoms with Crippen LogP contribution in [-0.4, -0.2) is 25.5 Å². The van der Waals surface area contributed by atoms with Crippen molar-refractivity contribution >= 4 is 50.5 Å². The van der Waals surface area contributed by atoms with E-state index in [4.69, 9.17) is 11.6 Å². The average molecular weight is 533 g/mol. The molecule has 6 nitrogen and oxygen atoms in total. The van der Waals surface area contributed by atoms with E-state index in [1.54, 1.807) is 0 Å². The minimum absolute atomic E-state index is 0.137. The molecule has 1 N–H and O–H groups in total. The number of rotatable bonds is 6. The van der Waals surface area contributed by atoms with Crippen molar-refractivity contribution in [1.29, 1.82) is 0 Å². The second-order valence-corrected chi connectivity index (χ2v) is 9.95. The molecule has 0 spiro atoms. The van der Waals surface area contributed by atoms with E-state index < -0.39 is 0 Å². The lowest BCUT2D eigenvalue weighted by molar-refractivity contribution is 0.103. The van der Waals surface area contributed by atoms with E-state index in [-0.39, 0.29) is 5.91 Å². The van der Waals surface area contributed by atoms with Crippen LogP contribution in [0.1, 0.15) is 43.6 Å². The molecule has 3 aromatic heterocycles. The summed E-state index contributed by atoms with van der Waals surface area (Å²) < 4.78 is 4.82. The van der Waals surface area contributed by atoms with Gasteiger partial charge in [0.15, 0.2) is 0 Å². The second kappa shape index (κ2) is 9.21. The molecule has 1 amide bonds.